The second-order valence-electron chi connectivity index (χ2n) is 25.3. The molecule has 0 radical (unpaired) electrons. The predicted molar refractivity (Wildman–Crippen MR) is 413 cm³/mol. The van der Waals surface area contributed by atoms with Crippen molar-refractivity contribution in [3.63, 3.8) is 0 Å². The molecular formula is C82H98N6O4S3Se. The number of rotatable bonds is 42. The first-order chi connectivity index (χ1) is 47.5. The number of anilines is 8. The summed E-state index contributed by atoms with van der Waals surface area (Å²) in [7, 11) is 0. The molecule has 0 fully saturated rings. The van der Waals surface area contributed by atoms with Crippen LogP contribution in [0.4, 0.5) is 45.5 Å². The Morgan fingerprint density at radius 3 is 0.833 bits per heavy atom. The zero-order valence-electron chi connectivity index (χ0n) is 57.0. The summed E-state index contributed by atoms with van der Waals surface area (Å²) in [6.45, 7) is 12.0. The van der Waals surface area contributed by atoms with E-state index in [1.165, 1.54) is 150 Å². The normalized spacial score (nSPS) is 11.8. The molecule has 10 aromatic rings. The van der Waals surface area contributed by atoms with Crippen LogP contribution in [0.25, 0.3) is 52.8 Å². The summed E-state index contributed by atoms with van der Waals surface area (Å²) in [4.78, 5) is 9.32. The van der Waals surface area contributed by atoms with Crippen molar-refractivity contribution in [2.75, 3.05) is 44.9 Å². The monoisotopic (exact) mass is 1410 g/mol. The van der Waals surface area contributed by atoms with Gasteiger partial charge in [0.1, 0.15) is 23.0 Å². The van der Waals surface area contributed by atoms with Gasteiger partial charge in [-0.15, -0.1) is 0 Å². The van der Waals surface area contributed by atoms with E-state index in [0.29, 0.717) is 0 Å². The third kappa shape index (κ3) is 19.1. The summed E-state index contributed by atoms with van der Waals surface area (Å²) in [5.41, 5.74) is 15.0. The van der Waals surface area contributed by atoms with Gasteiger partial charge in [-0.05, 0) is 123 Å². The topological polar surface area (TPSA) is 93.2 Å². The van der Waals surface area contributed by atoms with E-state index in [1.807, 2.05) is 0 Å². The van der Waals surface area contributed by atoms with Crippen molar-refractivity contribution in [3.05, 3.63) is 170 Å². The quantitative estimate of drug-likeness (QED) is 0.0285. The molecule has 1 aliphatic rings. The SMILES string of the molecule is CCCCCCCCOc1ccc(N(c2ccc(OCCCCCCCC)cc2)c2ccc(-c3ccc(-c4c5c(c(-c6ccc(-c7ccc(N(c8ccc(OCCCCCCCC)cc8)c8ccc(OCCCCCCCC)cc8)cc7)s6)c6nsnc46)N[Se]N5)s3)cc2)cc1. The number of hydrogen-bond donors (Lipinski definition) is 2. The van der Waals surface area contributed by atoms with Gasteiger partial charge in [0.05, 0.1) is 26.4 Å². The molecule has 0 atom stereocenters. The van der Waals surface area contributed by atoms with Gasteiger partial charge in [0.2, 0.25) is 0 Å². The van der Waals surface area contributed by atoms with E-state index in [1.54, 1.807) is 22.7 Å². The van der Waals surface area contributed by atoms with Gasteiger partial charge in [0.25, 0.3) is 0 Å². The van der Waals surface area contributed by atoms with Gasteiger partial charge in [-0.3, -0.25) is 0 Å². The number of aromatic nitrogens is 2. The van der Waals surface area contributed by atoms with E-state index >= 15 is 0 Å². The average molecular weight is 1410 g/mol. The molecular weight excluding hydrogens is 1310 g/mol. The van der Waals surface area contributed by atoms with Crippen molar-refractivity contribution in [3.8, 4) is 64.8 Å². The molecule has 0 saturated carbocycles. The van der Waals surface area contributed by atoms with Crippen molar-refractivity contribution in [2.24, 2.45) is 0 Å². The number of fused-ring (bicyclic) bond motifs is 2. The van der Waals surface area contributed by atoms with Crippen LogP contribution < -0.4 is 37.4 Å². The summed E-state index contributed by atoms with van der Waals surface area (Å²) >= 11 is 4.84. The van der Waals surface area contributed by atoms with Crippen molar-refractivity contribution in [1.29, 1.82) is 0 Å². The Kier molecular flexibility index (Phi) is 27.3. The number of hydrogen-bond acceptors (Lipinski definition) is 13. The van der Waals surface area contributed by atoms with E-state index in [-0.39, 0.29) is 15.4 Å². The van der Waals surface area contributed by atoms with Crippen LogP contribution in [0.5, 0.6) is 23.0 Å². The van der Waals surface area contributed by atoms with Gasteiger partial charge in [-0.2, -0.15) is 0 Å². The summed E-state index contributed by atoms with van der Waals surface area (Å²) < 4.78 is 42.7. The molecule has 0 bridgehead atoms. The molecule has 14 heteroatoms. The maximum absolute atomic E-state index is 6.24. The van der Waals surface area contributed by atoms with Gasteiger partial charge in [-0.25, -0.2) is 0 Å². The van der Waals surface area contributed by atoms with Crippen LogP contribution in [0, 0.1) is 0 Å². The first kappa shape index (κ1) is 70.0. The number of nitrogens with zero attached hydrogens (tertiary/aromatic N) is 4. The molecule has 0 aliphatic carbocycles. The summed E-state index contributed by atoms with van der Waals surface area (Å²) in [6, 6.07) is 61.2. The van der Waals surface area contributed by atoms with E-state index in [0.717, 1.165) is 164 Å². The van der Waals surface area contributed by atoms with Crippen molar-refractivity contribution in [1.82, 2.24) is 8.75 Å². The maximum atomic E-state index is 6.24. The molecule has 4 heterocycles. The standard InChI is InChI=1S/C82H98N6O4S3Se/c1-5-9-13-17-21-25-57-89-69-45-37-65(38-46-69)87(66-39-47-70(48-40-66)90-58-26-22-18-14-10-6-2)63-33-29-61(30-34-63)73-53-55-75(93-73)77-79-80(84-95-83-79)78(82-81(77)85-96-86-82)76-56-54-74(94-76)62-31-35-64(36-32-62)88(67-41-49-71(50-42-67)91-59-27-23-19-15-11-7-3)68-43-51-72(52-44-68)92-60-28-24-20-16-12-8-4/h29-56,85-86H,5-28,57-60H2,1-4H3. The molecule has 96 heavy (non-hydrogen) atoms. The fourth-order valence-electron chi connectivity index (χ4n) is 12.6. The van der Waals surface area contributed by atoms with Gasteiger partial charge in [0, 0.05) is 0 Å². The van der Waals surface area contributed by atoms with E-state index in [2.05, 4.69) is 216 Å². The Labute approximate surface area is 591 Å². The van der Waals surface area contributed by atoms with Crippen LogP contribution in [0.2, 0.25) is 0 Å². The Hall–Kier alpha value is -7.32. The van der Waals surface area contributed by atoms with Crippen LogP contribution in [-0.2, 0) is 0 Å². The molecule has 0 unspecified atom stereocenters. The van der Waals surface area contributed by atoms with Crippen molar-refractivity contribution >= 4 is 106 Å². The number of nitrogens with one attached hydrogen (secondary N) is 2. The smallest absolute Gasteiger partial charge is 0.0179 e. The van der Waals surface area contributed by atoms with Gasteiger partial charge < -0.3 is 18.9 Å². The van der Waals surface area contributed by atoms with Crippen LogP contribution in [-0.4, -0.2) is 50.6 Å². The van der Waals surface area contributed by atoms with E-state index in [4.69, 9.17) is 27.7 Å². The van der Waals surface area contributed by atoms with Gasteiger partial charge >= 0.3 is 248 Å². The van der Waals surface area contributed by atoms with Crippen molar-refractivity contribution in [2.45, 2.75) is 182 Å². The first-order valence-corrected chi connectivity index (χ1v) is 40.0. The molecule has 1 aliphatic heterocycles. The van der Waals surface area contributed by atoms with E-state index < -0.39 is 0 Å². The maximum Gasteiger partial charge on any atom is -0.0179 e. The summed E-state index contributed by atoms with van der Waals surface area (Å²) in [5, 5.41) is 0. The Morgan fingerprint density at radius 2 is 0.552 bits per heavy atom. The largest absolute Gasteiger partial charge is 0.0344 e. The van der Waals surface area contributed by atoms with Crippen LogP contribution in [0.1, 0.15) is 182 Å². The predicted octanol–water partition coefficient (Wildman–Crippen LogP) is 25.8. The third-order valence-electron chi connectivity index (χ3n) is 18.0. The number of unbranched alkanes of at least 4 members (excludes halogenated alkanes) is 20. The molecule has 2 N–H and O–H groups in total. The fourth-order valence-corrected chi connectivity index (χ4v) is 16.6. The minimum atomic E-state index is -0.0404. The third-order valence-corrected chi connectivity index (χ3v) is 22.1. The van der Waals surface area contributed by atoms with Gasteiger partial charge in [-0.1, -0.05) is 156 Å². The molecule has 11 rings (SSSR count). The molecule has 0 saturated heterocycles. The van der Waals surface area contributed by atoms with E-state index in [9.17, 15) is 0 Å². The summed E-state index contributed by atoms with van der Waals surface area (Å²) in [6.07, 6.45) is 29.8. The number of thiophene rings is 2. The second kappa shape index (κ2) is 37.4. The fraction of sp³-hybridized carbons (Fsp3) is 0.390. The average Bonchev–Trinajstić information content (AvgIpc) is 1.55. The first-order valence-electron chi connectivity index (χ1n) is 35.9. The summed E-state index contributed by atoms with van der Waals surface area (Å²) in [5.74, 6) is 3.61. The van der Waals surface area contributed by atoms with Gasteiger partial charge in [0.15, 0.2) is 0 Å². The Bertz CT molecular complexity index is 3520. The van der Waals surface area contributed by atoms with Crippen LogP contribution in [0.15, 0.2) is 170 Å². The van der Waals surface area contributed by atoms with Crippen LogP contribution in [0.3, 0.4) is 0 Å². The Balaban J connectivity index is 0.800. The van der Waals surface area contributed by atoms with Crippen LogP contribution >= 0.6 is 34.4 Å². The molecule has 0 spiro atoms. The number of ether oxygens (including phenoxy) is 4. The zero-order chi connectivity index (χ0) is 65.9. The Morgan fingerprint density at radius 1 is 0.302 bits per heavy atom. The molecule has 10 nitrogen and oxygen atoms in total. The molecule has 7 aromatic carbocycles. The molecule has 0 amide bonds. The van der Waals surface area contributed by atoms with Crippen molar-refractivity contribution < 1.29 is 18.9 Å². The zero-order valence-corrected chi connectivity index (χ0v) is 61.2. The minimum Gasteiger partial charge on any atom is -0.0344 e. The second-order valence-corrected chi connectivity index (χ2v) is 29.3. The molecule has 3 aromatic heterocycles. The molecule has 504 valence electrons. The number of benzene rings is 7. The minimum absolute atomic E-state index is 0.0404.